The fourth-order valence-corrected chi connectivity index (χ4v) is 3.48. The van der Waals surface area contributed by atoms with Crippen molar-refractivity contribution in [2.45, 2.75) is 11.8 Å². The van der Waals surface area contributed by atoms with E-state index in [1.54, 1.807) is 13.0 Å². The first-order chi connectivity index (χ1) is 10.4. The van der Waals surface area contributed by atoms with Gasteiger partial charge in [-0.05, 0) is 41.0 Å². The van der Waals surface area contributed by atoms with Crippen LogP contribution in [-0.4, -0.2) is 18.7 Å². The van der Waals surface area contributed by atoms with Crippen LogP contribution in [0.1, 0.15) is 5.56 Å². The molecule has 0 saturated heterocycles. The van der Waals surface area contributed by atoms with Crippen LogP contribution in [-0.2, 0) is 10.0 Å². The summed E-state index contributed by atoms with van der Waals surface area (Å²) in [5.41, 5.74) is 0.135. The number of fused-ring (bicyclic) bond motifs is 1. The topological polar surface area (TPSA) is 85.1 Å². The molecule has 0 aliphatic rings. The number of aromatic nitrogens is 2. The maximum Gasteiger partial charge on any atom is 0.264 e. The highest BCUT2D eigenvalue weighted by Crippen LogP contribution is 2.27. The Bertz CT molecular complexity index is 970. The number of aryl methyl sites for hydroxylation is 1. The van der Waals surface area contributed by atoms with Crippen molar-refractivity contribution in [1.82, 2.24) is 10.3 Å². The molecule has 0 spiro atoms. The number of nitrogens with one attached hydrogen (secondary N) is 1. The van der Waals surface area contributed by atoms with Crippen molar-refractivity contribution in [3.63, 3.8) is 0 Å². The molecule has 0 aliphatic heterocycles. The Morgan fingerprint density at radius 1 is 1.14 bits per heavy atom. The Morgan fingerprint density at radius 3 is 2.68 bits per heavy atom. The zero-order valence-electron chi connectivity index (χ0n) is 11.2. The molecule has 1 heterocycles. The third kappa shape index (κ3) is 2.39. The SMILES string of the molecule is Cc1ccc2nonc2c1S(=O)(=O)Nc1cc(F)ccc1F. The molecule has 3 aromatic rings. The van der Waals surface area contributed by atoms with Crippen molar-refractivity contribution in [3.8, 4) is 0 Å². The minimum absolute atomic E-state index is 0.0179. The molecule has 0 unspecified atom stereocenters. The lowest BCUT2D eigenvalue weighted by Gasteiger charge is -2.11. The number of hydrogen-bond donors (Lipinski definition) is 1. The molecule has 9 heteroatoms. The van der Waals surface area contributed by atoms with E-state index in [9.17, 15) is 17.2 Å². The molecule has 1 N–H and O–H groups in total. The minimum atomic E-state index is -4.20. The minimum Gasteiger partial charge on any atom is -0.276 e. The molecule has 6 nitrogen and oxygen atoms in total. The summed E-state index contributed by atoms with van der Waals surface area (Å²) in [6, 6.07) is 5.54. The second kappa shape index (κ2) is 5.02. The quantitative estimate of drug-likeness (QED) is 0.800. The molecule has 3 rings (SSSR count). The van der Waals surface area contributed by atoms with E-state index in [2.05, 4.69) is 14.9 Å². The number of nitrogens with zero attached hydrogens (tertiary/aromatic N) is 2. The summed E-state index contributed by atoms with van der Waals surface area (Å²) in [7, 11) is -4.20. The van der Waals surface area contributed by atoms with E-state index in [1.807, 2.05) is 4.72 Å². The average molecular weight is 325 g/mol. The average Bonchev–Trinajstić information content (AvgIpc) is 2.90. The van der Waals surface area contributed by atoms with Crippen LogP contribution < -0.4 is 4.72 Å². The van der Waals surface area contributed by atoms with Gasteiger partial charge in [0.25, 0.3) is 10.0 Å². The molecule has 0 aliphatic carbocycles. The van der Waals surface area contributed by atoms with Crippen LogP contribution in [0.5, 0.6) is 0 Å². The first-order valence-corrected chi connectivity index (χ1v) is 7.56. The normalized spacial score (nSPS) is 11.8. The summed E-state index contributed by atoms with van der Waals surface area (Å²) in [6.07, 6.45) is 0. The monoisotopic (exact) mass is 325 g/mol. The van der Waals surface area contributed by atoms with Gasteiger partial charge in [-0.3, -0.25) is 4.72 Å². The van der Waals surface area contributed by atoms with Gasteiger partial charge in [0.2, 0.25) is 0 Å². The van der Waals surface area contributed by atoms with Gasteiger partial charge >= 0.3 is 0 Å². The maximum absolute atomic E-state index is 13.6. The van der Waals surface area contributed by atoms with Crippen LogP contribution in [0.15, 0.2) is 39.9 Å². The molecule has 0 bridgehead atoms. The third-order valence-electron chi connectivity index (χ3n) is 3.02. The second-order valence-electron chi connectivity index (χ2n) is 4.57. The smallest absolute Gasteiger partial charge is 0.264 e. The predicted molar refractivity (Wildman–Crippen MR) is 73.7 cm³/mol. The van der Waals surface area contributed by atoms with E-state index < -0.39 is 27.3 Å². The van der Waals surface area contributed by atoms with Crippen LogP contribution >= 0.6 is 0 Å². The summed E-state index contributed by atoms with van der Waals surface area (Å²) in [4.78, 5) is -0.199. The van der Waals surface area contributed by atoms with Crippen molar-refractivity contribution in [2.75, 3.05) is 4.72 Å². The lowest BCUT2D eigenvalue weighted by molar-refractivity contribution is 0.315. The van der Waals surface area contributed by atoms with Crippen molar-refractivity contribution in [1.29, 1.82) is 0 Å². The molecular formula is C13H9F2N3O3S. The molecule has 0 saturated carbocycles. The van der Waals surface area contributed by atoms with E-state index in [1.165, 1.54) is 6.07 Å². The van der Waals surface area contributed by atoms with E-state index in [4.69, 9.17) is 0 Å². The molecule has 1 aromatic heterocycles. The van der Waals surface area contributed by atoms with Crippen LogP contribution in [0.4, 0.5) is 14.5 Å². The van der Waals surface area contributed by atoms with E-state index in [0.717, 1.165) is 18.2 Å². The first-order valence-electron chi connectivity index (χ1n) is 6.08. The van der Waals surface area contributed by atoms with Gasteiger partial charge in [-0.1, -0.05) is 6.07 Å². The van der Waals surface area contributed by atoms with E-state index >= 15 is 0 Å². The largest absolute Gasteiger partial charge is 0.276 e. The van der Waals surface area contributed by atoms with Crippen LogP contribution in [0, 0.1) is 18.6 Å². The summed E-state index contributed by atoms with van der Waals surface area (Å²) < 4.78 is 58.3. The number of rotatable bonds is 3. The fraction of sp³-hybridized carbons (Fsp3) is 0.0769. The Labute approximate surface area is 123 Å². The molecule has 0 radical (unpaired) electrons. The first kappa shape index (κ1) is 14.4. The highest BCUT2D eigenvalue weighted by atomic mass is 32.2. The van der Waals surface area contributed by atoms with Crippen molar-refractivity contribution in [3.05, 3.63) is 47.5 Å². The van der Waals surface area contributed by atoms with Gasteiger partial charge in [0.15, 0.2) is 5.52 Å². The number of halogens is 2. The van der Waals surface area contributed by atoms with Gasteiger partial charge in [-0.2, -0.15) is 0 Å². The van der Waals surface area contributed by atoms with Crippen LogP contribution in [0.25, 0.3) is 11.0 Å². The van der Waals surface area contributed by atoms with Gasteiger partial charge in [0.1, 0.15) is 22.0 Å². The van der Waals surface area contributed by atoms with Crippen molar-refractivity contribution >= 4 is 26.7 Å². The molecule has 0 amide bonds. The third-order valence-corrected chi connectivity index (χ3v) is 4.56. The number of sulfonamides is 1. The lowest BCUT2D eigenvalue weighted by atomic mass is 10.2. The summed E-state index contributed by atoms with van der Waals surface area (Å²) in [6.45, 7) is 1.55. The van der Waals surface area contributed by atoms with Crippen LogP contribution in [0.2, 0.25) is 0 Å². The zero-order chi connectivity index (χ0) is 15.9. The van der Waals surface area contributed by atoms with Gasteiger partial charge in [0.05, 0.1) is 5.69 Å². The fourth-order valence-electron chi connectivity index (χ4n) is 2.04. The summed E-state index contributed by atoms with van der Waals surface area (Å²) >= 11 is 0. The highest BCUT2D eigenvalue weighted by molar-refractivity contribution is 7.93. The Kier molecular flexibility index (Phi) is 3.28. The Hall–Kier alpha value is -2.55. The molecule has 114 valence electrons. The maximum atomic E-state index is 13.6. The molecule has 22 heavy (non-hydrogen) atoms. The Morgan fingerprint density at radius 2 is 1.91 bits per heavy atom. The Balaban J connectivity index is 2.15. The van der Waals surface area contributed by atoms with Crippen molar-refractivity contribution in [2.24, 2.45) is 0 Å². The summed E-state index contributed by atoms with van der Waals surface area (Å²) in [5, 5.41) is 7.11. The van der Waals surface area contributed by atoms with Gasteiger partial charge in [-0.25, -0.2) is 21.8 Å². The predicted octanol–water partition coefficient (Wildman–Crippen LogP) is 2.61. The number of anilines is 1. The van der Waals surface area contributed by atoms with Crippen molar-refractivity contribution < 1.29 is 21.8 Å². The second-order valence-corrected chi connectivity index (χ2v) is 6.19. The molecule has 0 atom stereocenters. The molecular weight excluding hydrogens is 316 g/mol. The van der Waals surface area contributed by atoms with Crippen LogP contribution in [0.3, 0.4) is 0 Å². The number of benzene rings is 2. The zero-order valence-corrected chi connectivity index (χ0v) is 12.0. The molecule has 2 aromatic carbocycles. The standard InChI is InChI=1S/C13H9F2N3O3S/c1-7-2-5-10-12(17-21-16-10)13(7)22(19,20)18-11-6-8(14)3-4-9(11)15/h2-6,18H,1H3. The van der Waals surface area contributed by atoms with E-state index in [0.29, 0.717) is 5.56 Å². The van der Waals surface area contributed by atoms with Gasteiger partial charge < -0.3 is 0 Å². The highest BCUT2D eigenvalue weighted by Gasteiger charge is 2.24. The summed E-state index contributed by atoms with van der Waals surface area (Å²) in [5.74, 6) is -1.66. The van der Waals surface area contributed by atoms with Gasteiger partial charge in [-0.15, -0.1) is 0 Å². The van der Waals surface area contributed by atoms with E-state index in [-0.39, 0.29) is 15.9 Å². The molecule has 0 fully saturated rings. The number of hydrogen-bond acceptors (Lipinski definition) is 5. The van der Waals surface area contributed by atoms with Gasteiger partial charge in [0, 0.05) is 6.07 Å². The lowest BCUT2D eigenvalue weighted by Crippen LogP contribution is -2.16.